The van der Waals surface area contributed by atoms with E-state index in [2.05, 4.69) is 41.3 Å². The molecule has 0 aliphatic carbocycles. The Morgan fingerprint density at radius 1 is 0.886 bits per heavy atom. The Balaban J connectivity index is 1.73. The maximum atomic E-state index is 13.7. The van der Waals surface area contributed by atoms with Crippen molar-refractivity contribution in [3.05, 3.63) is 108 Å². The van der Waals surface area contributed by atoms with E-state index in [0.29, 0.717) is 13.1 Å². The largest absolute Gasteiger partial charge is 0.469 e. The van der Waals surface area contributed by atoms with Gasteiger partial charge >= 0.3 is 5.97 Å². The van der Waals surface area contributed by atoms with Gasteiger partial charge in [0.2, 0.25) is 5.91 Å². The highest BCUT2D eigenvalue weighted by Crippen LogP contribution is 2.48. The lowest BCUT2D eigenvalue weighted by atomic mass is 9.76. The summed E-state index contributed by atoms with van der Waals surface area (Å²) in [6, 6.07) is 30.9. The summed E-state index contributed by atoms with van der Waals surface area (Å²) in [5, 5.41) is 0. The fraction of sp³-hybridized carbons (Fsp3) is 0.333. The van der Waals surface area contributed by atoms with Crippen molar-refractivity contribution in [3.8, 4) is 0 Å². The lowest BCUT2D eigenvalue weighted by Crippen LogP contribution is -2.44. The van der Waals surface area contributed by atoms with Crippen LogP contribution in [0.1, 0.15) is 30.5 Å². The Kier molecular flexibility index (Phi) is 7.37. The Hall–Kier alpha value is -3.44. The van der Waals surface area contributed by atoms with E-state index in [0.717, 1.165) is 16.7 Å². The number of carbonyl (C=O) groups is 2. The molecule has 0 radical (unpaired) electrons. The standard InChI is InChI=1S/C30H34N2O3/c1-22(2)26(29(34)35-4)20-31(3)28(33)27-21-32(27)30(23-14-8-5-9-15-23,24-16-10-6-11-17-24)25-18-12-7-13-19-25/h5-19,22,26-27H,20-21H2,1-4H3/t26-,27?,32-/m0/s1. The van der Waals surface area contributed by atoms with Crippen LogP contribution in [0, 0.1) is 11.8 Å². The van der Waals surface area contributed by atoms with E-state index in [4.69, 9.17) is 4.74 Å². The molecule has 1 unspecified atom stereocenters. The SMILES string of the molecule is COC(=O)[C@@H](CN(C)C(=O)C1C[N@]1C(c1ccccc1)(c1ccccc1)c1ccccc1)C(C)C. The molecular formula is C30H34N2O3. The minimum Gasteiger partial charge on any atom is -0.469 e. The van der Waals surface area contributed by atoms with E-state index < -0.39 is 5.54 Å². The molecule has 5 heteroatoms. The Bertz CT molecular complexity index is 1040. The lowest BCUT2D eigenvalue weighted by Gasteiger charge is -2.38. The molecule has 0 saturated carbocycles. The maximum absolute atomic E-state index is 13.7. The molecule has 0 aromatic heterocycles. The number of methoxy groups -OCH3 is 1. The van der Waals surface area contributed by atoms with Crippen LogP contribution in [0.3, 0.4) is 0 Å². The smallest absolute Gasteiger partial charge is 0.310 e. The van der Waals surface area contributed by atoms with Crippen molar-refractivity contribution in [2.45, 2.75) is 25.4 Å². The zero-order chi connectivity index (χ0) is 25.0. The summed E-state index contributed by atoms with van der Waals surface area (Å²) in [6.45, 7) is 4.93. The molecule has 5 nitrogen and oxygen atoms in total. The normalized spacial score (nSPS) is 18.1. The summed E-state index contributed by atoms with van der Waals surface area (Å²) >= 11 is 0. The van der Waals surface area contributed by atoms with E-state index in [1.807, 2.05) is 68.4 Å². The van der Waals surface area contributed by atoms with E-state index in [1.54, 1.807) is 11.9 Å². The van der Waals surface area contributed by atoms with E-state index in [1.165, 1.54) is 7.11 Å². The average Bonchev–Trinajstić information content (AvgIpc) is 3.69. The van der Waals surface area contributed by atoms with Gasteiger partial charge in [-0.3, -0.25) is 14.5 Å². The van der Waals surface area contributed by atoms with Gasteiger partial charge in [-0.2, -0.15) is 0 Å². The van der Waals surface area contributed by atoms with Crippen LogP contribution in [0.4, 0.5) is 0 Å². The van der Waals surface area contributed by atoms with Crippen LogP contribution in [-0.2, 0) is 19.9 Å². The Morgan fingerprint density at radius 2 is 1.31 bits per heavy atom. The fourth-order valence-electron chi connectivity index (χ4n) is 5.11. The number of hydrogen-bond acceptors (Lipinski definition) is 4. The first-order valence-electron chi connectivity index (χ1n) is 12.2. The first-order valence-corrected chi connectivity index (χ1v) is 12.2. The van der Waals surface area contributed by atoms with Crippen LogP contribution in [0.15, 0.2) is 91.0 Å². The van der Waals surface area contributed by atoms with Gasteiger partial charge in [0.15, 0.2) is 0 Å². The van der Waals surface area contributed by atoms with Gasteiger partial charge in [-0.05, 0) is 22.6 Å². The molecule has 35 heavy (non-hydrogen) atoms. The van der Waals surface area contributed by atoms with Gasteiger partial charge in [-0.25, -0.2) is 0 Å². The Morgan fingerprint density at radius 3 is 1.69 bits per heavy atom. The summed E-state index contributed by atoms with van der Waals surface area (Å²) in [4.78, 5) is 29.9. The van der Waals surface area contributed by atoms with Gasteiger partial charge in [0, 0.05) is 20.1 Å². The number of likely N-dealkylation sites (N-methyl/N-ethyl adjacent to an activating group) is 1. The molecule has 1 saturated heterocycles. The van der Waals surface area contributed by atoms with Crippen molar-refractivity contribution >= 4 is 11.9 Å². The number of nitrogens with zero attached hydrogens (tertiary/aromatic N) is 2. The van der Waals surface area contributed by atoms with Gasteiger partial charge in [0.1, 0.15) is 6.04 Å². The fourth-order valence-corrected chi connectivity index (χ4v) is 5.11. The molecule has 0 bridgehead atoms. The molecule has 3 aromatic rings. The zero-order valence-electron chi connectivity index (χ0n) is 20.9. The van der Waals surface area contributed by atoms with E-state index >= 15 is 0 Å². The molecule has 4 rings (SSSR count). The molecule has 1 fully saturated rings. The summed E-state index contributed by atoms with van der Waals surface area (Å²) in [6.07, 6.45) is 0. The maximum Gasteiger partial charge on any atom is 0.310 e. The van der Waals surface area contributed by atoms with Crippen LogP contribution in [-0.4, -0.2) is 55.0 Å². The molecule has 3 aromatic carbocycles. The Labute approximate surface area is 208 Å². The molecule has 1 aliphatic heterocycles. The minimum atomic E-state index is -0.606. The van der Waals surface area contributed by atoms with Gasteiger partial charge in [-0.1, -0.05) is 105 Å². The number of hydrogen-bond donors (Lipinski definition) is 0. The van der Waals surface area contributed by atoms with E-state index in [-0.39, 0.29) is 29.8 Å². The van der Waals surface area contributed by atoms with Gasteiger partial charge in [0.25, 0.3) is 0 Å². The van der Waals surface area contributed by atoms with Gasteiger partial charge < -0.3 is 9.64 Å². The van der Waals surface area contributed by atoms with Crippen molar-refractivity contribution in [3.63, 3.8) is 0 Å². The summed E-state index contributed by atoms with van der Waals surface area (Å²) in [5.74, 6) is -0.542. The summed E-state index contributed by atoms with van der Waals surface area (Å²) in [5.41, 5.74) is 2.74. The minimum absolute atomic E-state index is 0.0201. The average molecular weight is 471 g/mol. The van der Waals surface area contributed by atoms with Crippen molar-refractivity contribution in [2.24, 2.45) is 11.8 Å². The molecule has 0 N–H and O–H groups in total. The zero-order valence-corrected chi connectivity index (χ0v) is 20.9. The molecule has 182 valence electrons. The molecule has 0 spiro atoms. The van der Waals surface area contributed by atoms with Crippen LogP contribution in [0.25, 0.3) is 0 Å². The van der Waals surface area contributed by atoms with Crippen molar-refractivity contribution in [1.29, 1.82) is 0 Å². The second-order valence-corrected chi connectivity index (χ2v) is 9.57. The third-order valence-corrected chi connectivity index (χ3v) is 7.06. The first kappa shape index (κ1) is 24.7. The van der Waals surface area contributed by atoms with Gasteiger partial charge in [0.05, 0.1) is 18.6 Å². The highest BCUT2D eigenvalue weighted by molar-refractivity contribution is 5.86. The van der Waals surface area contributed by atoms with Crippen LogP contribution in [0.2, 0.25) is 0 Å². The topological polar surface area (TPSA) is 49.6 Å². The number of esters is 1. The monoisotopic (exact) mass is 470 g/mol. The number of carbonyl (C=O) groups excluding carboxylic acids is 2. The van der Waals surface area contributed by atoms with Crippen LogP contribution < -0.4 is 0 Å². The third kappa shape index (κ3) is 4.73. The highest BCUT2D eigenvalue weighted by atomic mass is 16.5. The number of amides is 1. The molecule has 3 atom stereocenters. The van der Waals surface area contributed by atoms with Gasteiger partial charge in [-0.15, -0.1) is 0 Å². The predicted molar refractivity (Wildman–Crippen MR) is 138 cm³/mol. The van der Waals surface area contributed by atoms with Crippen molar-refractivity contribution < 1.29 is 14.3 Å². The first-order chi connectivity index (χ1) is 16.9. The number of benzene rings is 3. The predicted octanol–water partition coefficient (Wildman–Crippen LogP) is 4.57. The van der Waals surface area contributed by atoms with E-state index in [9.17, 15) is 9.59 Å². The van der Waals surface area contributed by atoms with Crippen molar-refractivity contribution in [1.82, 2.24) is 9.80 Å². The summed E-state index contributed by atoms with van der Waals surface area (Å²) < 4.78 is 4.99. The third-order valence-electron chi connectivity index (χ3n) is 7.06. The van der Waals surface area contributed by atoms with Crippen LogP contribution >= 0.6 is 0 Å². The number of rotatable bonds is 9. The molecule has 1 heterocycles. The molecule has 1 amide bonds. The van der Waals surface area contributed by atoms with Crippen molar-refractivity contribution in [2.75, 3.05) is 27.2 Å². The molecule has 1 aliphatic rings. The lowest BCUT2D eigenvalue weighted by molar-refractivity contribution is -0.148. The highest BCUT2D eigenvalue weighted by Gasteiger charge is 2.56. The molecular weight excluding hydrogens is 436 g/mol. The summed E-state index contributed by atoms with van der Waals surface area (Å²) in [7, 11) is 3.18. The quantitative estimate of drug-likeness (QED) is 0.261. The second kappa shape index (κ2) is 10.4. The van der Waals surface area contributed by atoms with Crippen LogP contribution in [0.5, 0.6) is 0 Å². The number of ether oxygens (including phenoxy) is 1. The second-order valence-electron chi connectivity index (χ2n) is 9.57.